The van der Waals surface area contributed by atoms with Crippen LogP contribution >= 0.6 is 15.9 Å². The molecule has 104 valence electrons. The Labute approximate surface area is 119 Å². The third kappa shape index (κ3) is 4.09. The first-order valence-corrected chi connectivity index (χ1v) is 7.66. The fraction of sp³-hybridized carbons (Fsp3) is 0.786. The van der Waals surface area contributed by atoms with E-state index in [9.17, 15) is 0 Å². The molecule has 1 atom stereocenters. The van der Waals surface area contributed by atoms with Crippen LogP contribution in [0.5, 0.6) is 0 Å². The molecule has 0 saturated heterocycles. The van der Waals surface area contributed by atoms with Gasteiger partial charge in [0, 0.05) is 13.1 Å². The van der Waals surface area contributed by atoms with Crippen molar-refractivity contribution < 1.29 is 0 Å². The first kappa shape index (κ1) is 15.7. The number of nitrogens with zero attached hydrogens (tertiary/aromatic N) is 2. The van der Waals surface area contributed by atoms with Gasteiger partial charge in [-0.15, -0.1) is 0 Å². The molecule has 0 fully saturated rings. The van der Waals surface area contributed by atoms with E-state index in [4.69, 9.17) is 0 Å². The van der Waals surface area contributed by atoms with E-state index in [2.05, 4.69) is 54.2 Å². The molecule has 4 heteroatoms. The van der Waals surface area contributed by atoms with E-state index in [0.717, 1.165) is 30.9 Å². The molecule has 0 aliphatic rings. The summed E-state index contributed by atoms with van der Waals surface area (Å²) in [6.07, 6.45) is 4.45. The molecule has 0 spiro atoms. The molecule has 0 bridgehead atoms. The quantitative estimate of drug-likeness (QED) is 0.836. The van der Waals surface area contributed by atoms with Gasteiger partial charge in [-0.3, -0.25) is 4.68 Å². The lowest BCUT2D eigenvalue weighted by atomic mass is 9.99. The van der Waals surface area contributed by atoms with Crippen molar-refractivity contribution in [2.45, 2.75) is 52.5 Å². The van der Waals surface area contributed by atoms with Gasteiger partial charge in [0.25, 0.3) is 0 Å². The van der Waals surface area contributed by atoms with Gasteiger partial charge >= 0.3 is 0 Å². The third-order valence-corrected chi connectivity index (χ3v) is 4.31. The van der Waals surface area contributed by atoms with Crippen LogP contribution in [0.4, 0.5) is 0 Å². The van der Waals surface area contributed by atoms with Gasteiger partial charge in [-0.2, -0.15) is 5.10 Å². The molecule has 1 heterocycles. The minimum absolute atomic E-state index is 0.594. The maximum absolute atomic E-state index is 4.54. The van der Waals surface area contributed by atoms with E-state index in [1.54, 1.807) is 0 Å². The summed E-state index contributed by atoms with van der Waals surface area (Å²) in [6.45, 7) is 6.70. The topological polar surface area (TPSA) is 29.9 Å². The van der Waals surface area contributed by atoms with Crippen molar-refractivity contribution in [3.05, 3.63) is 15.9 Å². The van der Waals surface area contributed by atoms with Crippen LogP contribution in [0.15, 0.2) is 4.47 Å². The van der Waals surface area contributed by atoms with Crippen LogP contribution in [0, 0.1) is 5.92 Å². The Morgan fingerprint density at radius 3 is 2.50 bits per heavy atom. The molecule has 1 unspecified atom stereocenters. The van der Waals surface area contributed by atoms with Crippen LogP contribution in [-0.4, -0.2) is 22.9 Å². The highest BCUT2D eigenvalue weighted by Crippen LogP contribution is 2.23. The van der Waals surface area contributed by atoms with Gasteiger partial charge in [-0.1, -0.05) is 20.8 Å². The number of nitrogens with one attached hydrogen (secondary N) is 1. The minimum atomic E-state index is 0.594. The van der Waals surface area contributed by atoms with Crippen molar-refractivity contribution in [1.82, 2.24) is 15.1 Å². The number of hydrogen-bond acceptors (Lipinski definition) is 2. The van der Waals surface area contributed by atoms with E-state index < -0.39 is 0 Å². The van der Waals surface area contributed by atoms with Gasteiger partial charge in [0.15, 0.2) is 0 Å². The molecule has 0 aromatic carbocycles. The number of aromatic nitrogens is 2. The minimum Gasteiger partial charge on any atom is -0.317 e. The molecule has 1 rings (SSSR count). The van der Waals surface area contributed by atoms with Crippen LogP contribution in [0.3, 0.4) is 0 Å². The number of rotatable bonds is 7. The summed E-state index contributed by atoms with van der Waals surface area (Å²) in [5.41, 5.74) is 2.48. The average Bonchev–Trinajstić information content (AvgIpc) is 2.59. The van der Waals surface area contributed by atoms with Crippen LogP contribution < -0.4 is 5.32 Å². The normalized spacial score (nSPS) is 13.3. The predicted molar refractivity (Wildman–Crippen MR) is 80.9 cm³/mol. The molecule has 1 N–H and O–H groups in total. The molecule has 0 aliphatic heterocycles. The zero-order chi connectivity index (χ0) is 13.7. The number of aryl methyl sites for hydroxylation is 2. The zero-order valence-electron chi connectivity index (χ0n) is 12.3. The lowest BCUT2D eigenvalue weighted by Gasteiger charge is -2.18. The zero-order valence-corrected chi connectivity index (χ0v) is 13.8. The van der Waals surface area contributed by atoms with E-state index >= 15 is 0 Å². The van der Waals surface area contributed by atoms with Crippen molar-refractivity contribution >= 4 is 15.9 Å². The van der Waals surface area contributed by atoms with E-state index in [1.165, 1.54) is 16.6 Å². The van der Waals surface area contributed by atoms with Crippen molar-refractivity contribution in [1.29, 1.82) is 0 Å². The van der Waals surface area contributed by atoms with Gasteiger partial charge in [0.1, 0.15) is 0 Å². The Morgan fingerprint density at radius 2 is 2.06 bits per heavy atom. The van der Waals surface area contributed by atoms with E-state index in [-0.39, 0.29) is 0 Å². The molecule has 0 saturated carbocycles. The highest BCUT2D eigenvalue weighted by molar-refractivity contribution is 9.10. The largest absolute Gasteiger partial charge is 0.317 e. The Balaban J connectivity index is 2.64. The van der Waals surface area contributed by atoms with Crippen molar-refractivity contribution in [2.75, 3.05) is 7.05 Å². The second kappa shape index (κ2) is 7.29. The van der Waals surface area contributed by atoms with E-state index in [1.807, 2.05) is 11.7 Å². The Bertz CT molecular complexity index is 371. The Hall–Kier alpha value is -0.350. The molecule has 0 amide bonds. The van der Waals surface area contributed by atoms with E-state index in [0.29, 0.717) is 6.04 Å². The van der Waals surface area contributed by atoms with Gasteiger partial charge in [0.2, 0.25) is 0 Å². The summed E-state index contributed by atoms with van der Waals surface area (Å²) in [7, 11) is 4.10. The molecular formula is C14H26BrN3. The molecule has 18 heavy (non-hydrogen) atoms. The first-order chi connectivity index (χ1) is 8.49. The molecule has 1 aromatic rings. The lowest BCUT2D eigenvalue weighted by molar-refractivity contribution is 0.418. The number of hydrogen-bond donors (Lipinski definition) is 1. The van der Waals surface area contributed by atoms with Crippen molar-refractivity contribution in [3.8, 4) is 0 Å². The van der Waals surface area contributed by atoms with Crippen LogP contribution in [0.1, 0.15) is 45.0 Å². The number of halogens is 1. The smallest absolute Gasteiger partial charge is 0.0766 e. The first-order valence-electron chi connectivity index (χ1n) is 6.87. The van der Waals surface area contributed by atoms with Crippen LogP contribution in [0.2, 0.25) is 0 Å². The van der Waals surface area contributed by atoms with Crippen molar-refractivity contribution in [2.24, 2.45) is 13.0 Å². The summed E-state index contributed by atoms with van der Waals surface area (Å²) in [5, 5.41) is 7.96. The fourth-order valence-electron chi connectivity index (χ4n) is 2.35. The molecule has 3 nitrogen and oxygen atoms in total. The predicted octanol–water partition coefficient (Wildman–Crippen LogP) is 3.31. The average molecular weight is 316 g/mol. The summed E-state index contributed by atoms with van der Waals surface area (Å²) < 4.78 is 3.22. The summed E-state index contributed by atoms with van der Waals surface area (Å²) in [5.74, 6) is 0.739. The Morgan fingerprint density at radius 1 is 1.39 bits per heavy atom. The molecular weight excluding hydrogens is 290 g/mol. The van der Waals surface area contributed by atoms with Crippen molar-refractivity contribution in [3.63, 3.8) is 0 Å². The SMILES string of the molecule is CCc1nn(C)c(CCC(CC(C)C)NC)c1Br. The summed E-state index contributed by atoms with van der Waals surface area (Å²) in [6, 6.07) is 0.594. The van der Waals surface area contributed by atoms with Gasteiger partial charge < -0.3 is 5.32 Å². The summed E-state index contributed by atoms with van der Waals surface area (Å²) >= 11 is 3.68. The molecule has 1 aromatic heterocycles. The monoisotopic (exact) mass is 315 g/mol. The lowest BCUT2D eigenvalue weighted by Crippen LogP contribution is -2.27. The fourth-order valence-corrected chi connectivity index (χ4v) is 3.17. The van der Waals surface area contributed by atoms with Crippen LogP contribution in [0.25, 0.3) is 0 Å². The van der Waals surface area contributed by atoms with Crippen LogP contribution in [-0.2, 0) is 19.9 Å². The summed E-state index contributed by atoms with van der Waals surface area (Å²) in [4.78, 5) is 0. The highest BCUT2D eigenvalue weighted by atomic mass is 79.9. The van der Waals surface area contributed by atoms with Gasteiger partial charge in [-0.05, 0) is 54.6 Å². The second-order valence-electron chi connectivity index (χ2n) is 5.34. The maximum atomic E-state index is 4.54. The van der Waals surface area contributed by atoms with Gasteiger partial charge in [0.05, 0.1) is 15.9 Å². The Kier molecular flexibility index (Phi) is 6.36. The third-order valence-electron chi connectivity index (χ3n) is 3.40. The standard InChI is InChI=1S/C14H26BrN3/c1-6-12-14(15)13(18(5)17-12)8-7-11(16-4)9-10(2)3/h10-11,16H,6-9H2,1-5H3. The highest BCUT2D eigenvalue weighted by Gasteiger charge is 2.15. The second-order valence-corrected chi connectivity index (χ2v) is 6.13. The molecule has 0 aliphatic carbocycles. The molecule has 0 radical (unpaired) electrons. The van der Waals surface area contributed by atoms with Gasteiger partial charge in [-0.25, -0.2) is 0 Å². The maximum Gasteiger partial charge on any atom is 0.0766 e.